The summed E-state index contributed by atoms with van der Waals surface area (Å²) >= 11 is 0. The van der Waals surface area contributed by atoms with Gasteiger partial charge < -0.3 is 15.3 Å². The molecular weight excluding hydrogens is 320 g/mol. The van der Waals surface area contributed by atoms with E-state index >= 15 is 0 Å². The molecule has 0 unspecified atom stereocenters. The first-order valence-electron chi connectivity index (χ1n) is 8.94. The summed E-state index contributed by atoms with van der Waals surface area (Å²) in [7, 11) is 0. The third-order valence-electron chi connectivity index (χ3n) is 5.81. The molecule has 0 bridgehead atoms. The maximum Gasteiger partial charge on any atom is 0.270 e. The SMILES string of the molecule is CC(=O)N1[C@@H](CNC(=O)c2ccncn2)C[C@@]2(C)[C@@H](O)CCCC[C@@H]12. The number of fused-ring (bicyclic) bond motifs is 1. The number of likely N-dealkylation sites (tertiary alicyclic amines) is 1. The van der Waals surface area contributed by atoms with Gasteiger partial charge in [-0.15, -0.1) is 0 Å². The van der Waals surface area contributed by atoms with Crippen LogP contribution < -0.4 is 5.32 Å². The van der Waals surface area contributed by atoms with Gasteiger partial charge in [-0.25, -0.2) is 9.97 Å². The predicted molar refractivity (Wildman–Crippen MR) is 91.7 cm³/mol. The van der Waals surface area contributed by atoms with Crippen molar-refractivity contribution in [2.24, 2.45) is 5.41 Å². The predicted octanol–water partition coefficient (Wildman–Crippen LogP) is 1.14. The lowest BCUT2D eigenvalue weighted by atomic mass is 9.75. The molecule has 1 aromatic heterocycles. The lowest BCUT2D eigenvalue weighted by Gasteiger charge is -2.37. The van der Waals surface area contributed by atoms with E-state index < -0.39 is 6.10 Å². The highest BCUT2D eigenvalue weighted by Crippen LogP contribution is 2.48. The number of amides is 2. The highest BCUT2D eigenvalue weighted by atomic mass is 16.3. The third kappa shape index (κ3) is 3.38. The highest BCUT2D eigenvalue weighted by molar-refractivity contribution is 5.92. The number of carbonyl (C=O) groups is 2. The number of aliphatic hydroxyl groups excluding tert-OH is 1. The first kappa shape index (κ1) is 17.8. The minimum Gasteiger partial charge on any atom is -0.392 e. The molecule has 3 rings (SSSR count). The number of rotatable bonds is 3. The van der Waals surface area contributed by atoms with Crippen LogP contribution >= 0.6 is 0 Å². The minimum absolute atomic E-state index is 0.00381. The standard InChI is InChI=1S/C18H26N4O3/c1-12(23)22-13(10-20-17(25)14-7-8-19-11-21-14)9-18(2)15(22)5-3-4-6-16(18)24/h7-8,11,13,15-16,24H,3-6,9-10H2,1-2H3,(H,20,25)/t13-,15-,16+,18-/m1/s1. The Morgan fingerprint density at radius 3 is 2.84 bits per heavy atom. The summed E-state index contributed by atoms with van der Waals surface area (Å²) in [4.78, 5) is 34.2. The van der Waals surface area contributed by atoms with Crippen LogP contribution in [0, 0.1) is 5.41 Å². The van der Waals surface area contributed by atoms with Crippen molar-refractivity contribution in [1.82, 2.24) is 20.2 Å². The summed E-state index contributed by atoms with van der Waals surface area (Å²) in [5.74, 6) is -0.271. The van der Waals surface area contributed by atoms with Crippen molar-refractivity contribution in [3.8, 4) is 0 Å². The van der Waals surface area contributed by atoms with Crippen LogP contribution in [0.4, 0.5) is 0 Å². The lowest BCUT2D eigenvalue weighted by molar-refractivity contribution is -0.133. The molecule has 136 valence electrons. The van der Waals surface area contributed by atoms with E-state index in [1.807, 2.05) is 4.90 Å². The average molecular weight is 346 g/mol. The molecular formula is C18H26N4O3. The monoisotopic (exact) mass is 346 g/mol. The first-order valence-corrected chi connectivity index (χ1v) is 8.94. The molecule has 2 fully saturated rings. The minimum atomic E-state index is -0.413. The van der Waals surface area contributed by atoms with Gasteiger partial charge >= 0.3 is 0 Å². The van der Waals surface area contributed by atoms with Gasteiger partial charge in [0.2, 0.25) is 5.91 Å². The molecule has 1 aliphatic carbocycles. The number of nitrogens with zero attached hydrogens (tertiary/aromatic N) is 3. The zero-order valence-electron chi connectivity index (χ0n) is 14.8. The van der Waals surface area contributed by atoms with Crippen molar-refractivity contribution in [3.63, 3.8) is 0 Å². The van der Waals surface area contributed by atoms with Gasteiger partial charge in [0.25, 0.3) is 5.91 Å². The van der Waals surface area contributed by atoms with Crippen LogP contribution in [0.1, 0.15) is 56.4 Å². The molecule has 2 N–H and O–H groups in total. The largest absolute Gasteiger partial charge is 0.392 e. The molecule has 2 amide bonds. The molecule has 1 saturated heterocycles. The molecule has 2 heterocycles. The van der Waals surface area contributed by atoms with E-state index in [0.29, 0.717) is 18.7 Å². The summed E-state index contributed by atoms with van der Waals surface area (Å²) in [6.45, 7) is 4.01. The Balaban J connectivity index is 1.74. The lowest BCUT2D eigenvalue weighted by Crippen LogP contribution is -2.48. The molecule has 7 heteroatoms. The Kier molecular flexibility index (Phi) is 5.03. The van der Waals surface area contributed by atoms with E-state index in [0.717, 1.165) is 25.7 Å². The summed E-state index contributed by atoms with van der Waals surface area (Å²) in [6.07, 6.45) is 6.83. The molecule has 1 aromatic rings. The zero-order chi connectivity index (χ0) is 18.0. The highest BCUT2D eigenvalue weighted by Gasteiger charge is 2.54. The van der Waals surface area contributed by atoms with Crippen molar-refractivity contribution in [2.45, 2.75) is 64.1 Å². The molecule has 0 aromatic carbocycles. The Morgan fingerprint density at radius 2 is 2.16 bits per heavy atom. The van der Waals surface area contributed by atoms with Crippen molar-refractivity contribution in [1.29, 1.82) is 0 Å². The molecule has 2 aliphatic rings. The number of carbonyl (C=O) groups excluding carboxylic acids is 2. The van der Waals surface area contributed by atoms with Crippen LogP contribution in [0.2, 0.25) is 0 Å². The Morgan fingerprint density at radius 1 is 1.40 bits per heavy atom. The third-order valence-corrected chi connectivity index (χ3v) is 5.81. The van der Waals surface area contributed by atoms with E-state index in [4.69, 9.17) is 0 Å². The second kappa shape index (κ2) is 7.07. The Hall–Kier alpha value is -2.02. The zero-order valence-corrected chi connectivity index (χ0v) is 14.8. The van der Waals surface area contributed by atoms with E-state index in [1.165, 1.54) is 12.5 Å². The van der Waals surface area contributed by atoms with Crippen LogP contribution in [0.25, 0.3) is 0 Å². The number of hydrogen-bond donors (Lipinski definition) is 2. The summed E-state index contributed by atoms with van der Waals surface area (Å²) in [5.41, 5.74) is -0.00483. The van der Waals surface area contributed by atoms with Gasteiger partial charge in [0.05, 0.1) is 12.1 Å². The maximum atomic E-state index is 12.3. The van der Waals surface area contributed by atoms with Crippen molar-refractivity contribution in [3.05, 3.63) is 24.3 Å². The topological polar surface area (TPSA) is 95.4 Å². The van der Waals surface area contributed by atoms with Gasteiger partial charge in [0.15, 0.2) is 0 Å². The quantitative estimate of drug-likeness (QED) is 0.856. The van der Waals surface area contributed by atoms with Gasteiger partial charge in [0, 0.05) is 31.1 Å². The Labute approximate surface area is 147 Å². The smallest absolute Gasteiger partial charge is 0.270 e. The van der Waals surface area contributed by atoms with E-state index in [2.05, 4.69) is 22.2 Å². The molecule has 7 nitrogen and oxygen atoms in total. The van der Waals surface area contributed by atoms with Crippen LogP contribution in [0.3, 0.4) is 0 Å². The number of nitrogens with one attached hydrogen (secondary N) is 1. The molecule has 1 saturated carbocycles. The van der Waals surface area contributed by atoms with Gasteiger partial charge in [-0.1, -0.05) is 19.8 Å². The Bertz CT molecular complexity index is 638. The van der Waals surface area contributed by atoms with Crippen LogP contribution in [0.15, 0.2) is 18.6 Å². The van der Waals surface area contributed by atoms with Crippen molar-refractivity contribution >= 4 is 11.8 Å². The normalized spacial score (nSPS) is 32.0. The van der Waals surface area contributed by atoms with E-state index in [9.17, 15) is 14.7 Å². The number of hydrogen-bond acceptors (Lipinski definition) is 5. The van der Waals surface area contributed by atoms with Crippen LogP contribution in [0.5, 0.6) is 0 Å². The van der Waals surface area contributed by atoms with Gasteiger partial charge in [-0.3, -0.25) is 9.59 Å². The second-order valence-electron chi connectivity index (χ2n) is 7.41. The molecule has 0 radical (unpaired) electrons. The summed E-state index contributed by atoms with van der Waals surface area (Å²) in [6, 6.07) is 1.48. The van der Waals surface area contributed by atoms with Crippen LogP contribution in [-0.4, -0.2) is 56.5 Å². The van der Waals surface area contributed by atoms with Gasteiger partial charge in [0.1, 0.15) is 12.0 Å². The molecule has 0 spiro atoms. The van der Waals surface area contributed by atoms with Crippen LogP contribution in [-0.2, 0) is 4.79 Å². The van der Waals surface area contributed by atoms with Crippen molar-refractivity contribution in [2.75, 3.05) is 6.54 Å². The molecule has 25 heavy (non-hydrogen) atoms. The number of aromatic nitrogens is 2. The fourth-order valence-corrected chi connectivity index (χ4v) is 4.52. The summed E-state index contributed by atoms with van der Waals surface area (Å²) < 4.78 is 0. The van der Waals surface area contributed by atoms with Crippen molar-refractivity contribution < 1.29 is 14.7 Å². The van der Waals surface area contributed by atoms with Gasteiger partial charge in [-0.2, -0.15) is 0 Å². The summed E-state index contributed by atoms with van der Waals surface area (Å²) in [5, 5.41) is 13.5. The first-order chi connectivity index (χ1) is 11.9. The van der Waals surface area contributed by atoms with E-state index in [-0.39, 0.29) is 29.3 Å². The fourth-order valence-electron chi connectivity index (χ4n) is 4.52. The van der Waals surface area contributed by atoms with Gasteiger partial charge in [-0.05, 0) is 25.3 Å². The fraction of sp³-hybridized carbons (Fsp3) is 0.667. The second-order valence-corrected chi connectivity index (χ2v) is 7.41. The van der Waals surface area contributed by atoms with E-state index in [1.54, 1.807) is 13.0 Å². The molecule has 4 atom stereocenters. The maximum absolute atomic E-state index is 12.3. The number of aliphatic hydroxyl groups is 1. The average Bonchev–Trinajstić information content (AvgIpc) is 2.82. The molecule has 1 aliphatic heterocycles.